The van der Waals surface area contributed by atoms with E-state index >= 15 is 0 Å². The van der Waals surface area contributed by atoms with Gasteiger partial charge >= 0.3 is 0 Å². The molecule has 0 saturated carbocycles. The van der Waals surface area contributed by atoms with Gasteiger partial charge in [0.05, 0.1) is 13.1 Å². The Balaban J connectivity index is 1.51. The molecule has 27 heavy (non-hydrogen) atoms. The summed E-state index contributed by atoms with van der Waals surface area (Å²) in [7, 11) is 0. The van der Waals surface area contributed by atoms with Crippen LogP contribution >= 0.6 is 0 Å². The van der Waals surface area contributed by atoms with Crippen LogP contribution in [-0.4, -0.2) is 31.3 Å². The standard InChI is InChI=1S/C23H28N2O2/c1-16-7-9-19(10-8-16)23(27)20-11-13-25(14-12-20)15-21(26)24-22-17(2)5-4-6-18(22)3/h4-10,20H,11-15H2,1-3H3,(H,24,26)/p+1. The van der Waals surface area contributed by atoms with Gasteiger partial charge in [0.2, 0.25) is 0 Å². The predicted molar refractivity (Wildman–Crippen MR) is 108 cm³/mol. The molecule has 142 valence electrons. The van der Waals surface area contributed by atoms with Gasteiger partial charge in [0, 0.05) is 30.0 Å². The lowest BCUT2D eigenvalue weighted by Crippen LogP contribution is -3.14. The molecule has 1 heterocycles. The molecule has 1 fully saturated rings. The van der Waals surface area contributed by atoms with Crippen molar-refractivity contribution in [3.63, 3.8) is 0 Å². The third-order valence-corrected chi connectivity index (χ3v) is 5.56. The SMILES string of the molecule is Cc1ccc(C(=O)C2CC[NH+](CC(=O)Nc3c(C)cccc3C)CC2)cc1. The maximum Gasteiger partial charge on any atom is 0.279 e. The van der Waals surface area contributed by atoms with Gasteiger partial charge in [-0.1, -0.05) is 48.0 Å². The van der Waals surface area contributed by atoms with Crippen LogP contribution in [0.25, 0.3) is 0 Å². The monoisotopic (exact) mass is 365 g/mol. The molecule has 3 rings (SSSR count). The number of likely N-dealkylation sites (tertiary alicyclic amines) is 1. The number of aryl methyl sites for hydroxylation is 3. The number of ketones is 1. The van der Waals surface area contributed by atoms with E-state index < -0.39 is 0 Å². The molecule has 0 atom stereocenters. The fourth-order valence-electron chi connectivity index (χ4n) is 3.84. The minimum absolute atomic E-state index is 0.0470. The summed E-state index contributed by atoms with van der Waals surface area (Å²) < 4.78 is 0. The van der Waals surface area contributed by atoms with Gasteiger partial charge in [-0.3, -0.25) is 9.59 Å². The number of hydrogen-bond acceptors (Lipinski definition) is 2. The number of hydrogen-bond donors (Lipinski definition) is 2. The number of anilines is 1. The highest BCUT2D eigenvalue weighted by atomic mass is 16.2. The Morgan fingerprint density at radius 2 is 1.56 bits per heavy atom. The number of benzene rings is 2. The summed E-state index contributed by atoms with van der Waals surface area (Å²) in [4.78, 5) is 26.4. The Labute approximate surface area is 161 Å². The van der Waals surface area contributed by atoms with Gasteiger partial charge in [-0.2, -0.15) is 0 Å². The van der Waals surface area contributed by atoms with Crippen molar-refractivity contribution in [2.75, 3.05) is 25.0 Å². The molecule has 0 unspecified atom stereocenters. The van der Waals surface area contributed by atoms with Crippen LogP contribution in [0.2, 0.25) is 0 Å². The van der Waals surface area contributed by atoms with Gasteiger partial charge in [0.1, 0.15) is 0 Å². The lowest BCUT2D eigenvalue weighted by molar-refractivity contribution is -0.897. The molecule has 4 nitrogen and oxygen atoms in total. The van der Waals surface area contributed by atoms with E-state index in [4.69, 9.17) is 0 Å². The highest BCUT2D eigenvalue weighted by Crippen LogP contribution is 2.19. The first kappa shape index (κ1) is 19.3. The zero-order valence-corrected chi connectivity index (χ0v) is 16.5. The van der Waals surface area contributed by atoms with Crippen LogP contribution in [0.5, 0.6) is 0 Å². The lowest BCUT2D eigenvalue weighted by atomic mass is 9.88. The minimum atomic E-state index is 0.0470. The Hall–Kier alpha value is -2.46. The second kappa shape index (κ2) is 8.49. The second-order valence-corrected chi connectivity index (χ2v) is 7.75. The van der Waals surface area contributed by atoms with Crippen LogP contribution in [0.1, 0.15) is 39.9 Å². The van der Waals surface area contributed by atoms with Gasteiger partial charge in [-0.05, 0) is 31.9 Å². The number of Topliss-reactive ketones (excluding diaryl/α,β-unsaturated/α-hetero) is 1. The molecule has 4 heteroatoms. The number of amides is 1. The molecule has 0 aromatic heterocycles. The van der Waals surface area contributed by atoms with Crippen molar-refractivity contribution in [3.05, 3.63) is 64.7 Å². The van der Waals surface area contributed by atoms with Crippen LogP contribution in [0.4, 0.5) is 5.69 Å². The van der Waals surface area contributed by atoms with Crippen molar-refractivity contribution in [1.29, 1.82) is 0 Å². The zero-order chi connectivity index (χ0) is 19.4. The lowest BCUT2D eigenvalue weighted by Gasteiger charge is -2.28. The van der Waals surface area contributed by atoms with Crippen molar-refractivity contribution in [3.8, 4) is 0 Å². The average Bonchev–Trinajstić information content (AvgIpc) is 2.65. The van der Waals surface area contributed by atoms with Crippen LogP contribution in [0, 0.1) is 26.7 Å². The molecular weight excluding hydrogens is 336 g/mol. The summed E-state index contributed by atoms with van der Waals surface area (Å²) in [6, 6.07) is 13.9. The van der Waals surface area contributed by atoms with Crippen LogP contribution in [-0.2, 0) is 4.79 Å². The summed E-state index contributed by atoms with van der Waals surface area (Å²) in [5, 5.41) is 3.06. The first-order chi connectivity index (χ1) is 12.9. The Morgan fingerprint density at radius 3 is 2.15 bits per heavy atom. The Morgan fingerprint density at radius 1 is 0.963 bits per heavy atom. The topological polar surface area (TPSA) is 50.6 Å². The van der Waals surface area contributed by atoms with E-state index in [9.17, 15) is 9.59 Å². The summed E-state index contributed by atoms with van der Waals surface area (Å²) in [5.74, 6) is 0.373. The summed E-state index contributed by atoms with van der Waals surface area (Å²) in [6.07, 6.45) is 1.69. The van der Waals surface area contributed by atoms with Gasteiger partial charge in [0.15, 0.2) is 12.3 Å². The third kappa shape index (κ3) is 4.83. The smallest absolute Gasteiger partial charge is 0.279 e. The maximum atomic E-state index is 12.7. The van der Waals surface area contributed by atoms with E-state index in [1.165, 1.54) is 10.5 Å². The average molecular weight is 365 g/mol. The zero-order valence-electron chi connectivity index (χ0n) is 16.5. The number of nitrogens with one attached hydrogen (secondary N) is 2. The summed E-state index contributed by atoms with van der Waals surface area (Å²) in [6.45, 7) is 8.24. The number of carbonyl (C=O) groups excluding carboxylic acids is 2. The maximum absolute atomic E-state index is 12.7. The number of piperidine rings is 1. The number of quaternary nitrogens is 1. The summed E-state index contributed by atoms with van der Waals surface area (Å²) in [5.41, 5.74) is 5.07. The van der Waals surface area contributed by atoms with Gasteiger partial charge in [-0.25, -0.2) is 0 Å². The first-order valence-electron chi connectivity index (χ1n) is 9.74. The van der Waals surface area contributed by atoms with E-state index in [2.05, 4.69) is 5.32 Å². The quantitative estimate of drug-likeness (QED) is 0.801. The molecule has 2 aromatic carbocycles. The molecule has 2 aromatic rings. The van der Waals surface area contributed by atoms with E-state index in [1.807, 2.05) is 63.2 Å². The molecule has 1 aliphatic heterocycles. The van der Waals surface area contributed by atoms with Crippen molar-refractivity contribution in [2.45, 2.75) is 33.6 Å². The number of para-hydroxylation sites is 1. The predicted octanol–water partition coefficient (Wildman–Crippen LogP) is 2.73. The molecule has 0 aliphatic carbocycles. The molecule has 1 amide bonds. The van der Waals surface area contributed by atoms with Gasteiger partial charge in [-0.15, -0.1) is 0 Å². The minimum Gasteiger partial charge on any atom is -0.327 e. The highest BCUT2D eigenvalue weighted by molar-refractivity contribution is 5.98. The Kier molecular flexibility index (Phi) is 6.07. The van der Waals surface area contributed by atoms with Crippen molar-refractivity contribution in [2.24, 2.45) is 5.92 Å². The van der Waals surface area contributed by atoms with Crippen molar-refractivity contribution >= 4 is 17.4 Å². The fourth-order valence-corrected chi connectivity index (χ4v) is 3.84. The molecule has 2 N–H and O–H groups in total. The normalized spacial score (nSPS) is 19.5. The van der Waals surface area contributed by atoms with Gasteiger partial charge in [0.25, 0.3) is 5.91 Å². The van der Waals surface area contributed by atoms with E-state index in [0.717, 1.165) is 48.3 Å². The molecule has 0 bridgehead atoms. The second-order valence-electron chi connectivity index (χ2n) is 7.75. The molecule has 0 radical (unpaired) electrons. The molecule has 1 aliphatic rings. The van der Waals surface area contributed by atoms with Crippen molar-refractivity contribution < 1.29 is 14.5 Å². The van der Waals surface area contributed by atoms with E-state index in [-0.39, 0.29) is 17.6 Å². The fraction of sp³-hybridized carbons (Fsp3) is 0.391. The summed E-state index contributed by atoms with van der Waals surface area (Å²) >= 11 is 0. The van der Waals surface area contributed by atoms with Gasteiger partial charge < -0.3 is 10.2 Å². The number of rotatable bonds is 5. The highest BCUT2D eigenvalue weighted by Gasteiger charge is 2.29. The largest absolute Gasteiger partial charge is 0.327 e. The van der Waals surface area contributed by atoms with E-state index in [1.54, 1.807) is 0 Å². The van der Waals surface area contributed by atoms with E-state index in [0.29, 0.717) is 6.54 Å². The molecular formula is C23H29N2O2+. The van der Waals surface area contributed by atoms with Crippen LogP contribution in [0.15, 0.2) is 42.5 Å². The van der Waals surface area contributed by atoms with Crippen molar-refractivity contribution in [1.82, 2.24) is 0 Å². The molecule has 1 saturated heterocycles. The first-order valence-corrected chi connectivity index (χ1v) is 9.74. The third-order valence-electron chi connectivity index (χ3n) is 5.56. The Bertz CT molecular complexity index is 799. The number of carbonyl (C=O) groups is 2. The van der Waals surface area contributed by atoms with Crippen LogP contribution in [0.3, 0.4) is 0 Å². The molecule has 0 spiro atoms. The van der Waals surface area contributed by atoms with Crippen LogP contribution < -0.4 is 10.2 Å².